The molecule has 0 bridgehead atoms. The molecule has 0 aliphatic carbocycles. The van der Waals surface area contributed by atoms with E-state index < -0.39 is 5.97 Å². The highest BCUT2D eigenvalue weighted by Gasteiger charge is 2.42. The van der Waals surface area contributed by atoms with Gasteiger partial charge in [-0.05, 0) is 92.3 Å². The van der Waals surface area contributed by atoms with Gasteiger partial charge in [0.05, 0.1) is 23.3 Å². The fourth-order valence-electron chi connectivity index (χ4n) is 4.82. The van der Waals surface area contributed by atoms with Crippen molar-refractivity contribution in [1.29, 1.82) is 0 Å². The van der Waals surface area contributed by atoms with Crippen LogP contribution in [0.5, 0.6) is 5.75 Å². The first-order chi connectivity index (χ1) is 16.8. The van der Waals surface area contributed by atoms with Gasteiger partial charge in [0.2, 0.25) is 0 Å². The third-order valence-corrected chi connectivity index (χ3v) is 6.68. The summed E-state index contributed by atoms with van der Waals surface area (Å²) >= 11 is 5.78. The molecule has 35 heavy (non-hydrogen) atoms. The topological polar surface area (TPSA) is 90.6 Å². The monoisotopic (exact) mass is 484 g/mol. The summed E-state index contributed by atoms with van der Waals surface area (Å²) < 4.78 is 2.06. The number of aromatic nitrogens is 2. The fraction of sp³-hybridized carbons (Fsp3) is 0.148. The molecule has 0 amide bonds. The lowest BCUT2D eigenvalue weighted by molar-refractivity contribution is 0.0697. The average molecular weight is 485 g/mol. The molecule has 3 heterocycles. The lowest BCUT2D eigenvalue weighted by atomic mass is 9.96. The first-order valence-electron chi connectivity index (χ1n) is 11.2. The number of thiocarbonyl (C=S) groups is 1. The van der Waals surface area contributed by atoms with Crippen molar-refractivity contribution >= 4 is 29.0 Å². The maximum absolute atomic E-state index is 11.6. The number of pyridine rings is 1. The summed E-state index contributed by atoms with van der Waals surface area (Å²) in [7, 11) is 0. The van der Waals surface area contributed by atoms with Gasteiger partial charge in [0.1, 0.15) is 5.75 Å². The highest BCUT2D eigenvalue weighted by Crippen LogP contribution is 2.44. The maximum Gasteiger partial charge on any atom is 0.335 e. The zero-order valence-electron chi connectivity index (χ0n) is 19.2. The standard InChI is InChI=1S/C27H24N4O3S/c1-16-14-22(17(2)30(16)20-7-5-6-18(15-20)26(33)34)25-24(23-8-3-4-13-28-23)29-27(35)31(25)19-9-11-21(32)12-10-19/h3-15,24-25,32H,1-2H3,(H,29,35)(H,33,34)/t24-,25-/m1/s1. The first kappa shape index (κ1) is 22.6. The Labute approximate surface area is 208 Å². The highest BCUT2D eigenvalue weighted by molar-refractivity contribution is 7.80. The van der Waals surface area contributed by atoms with E-state index in [9.17, 15) is 15.0 Å². The molecular weight excluding hydrogens is 460 g/mol. The second kappa shape index (κ2) is 8.88. The molecule has 0 spiro atoms. The SMILES string of the molecule is Cc1cc([C@@H]2[C@@H](c3ccccn3)NC(=S)N2c2ccc(O)cc2)c(C)n1-c1cccc(C(=O)O)c1. The fourth-order valence-corrected chi connectivity index (χ4v) is 5.17. The Morgan fingerprint density at radius 1 is 1.00 bits per heavy atom. The molecule has 1 aliphatic heterocycles. The molecule has 8 heteroatoms. The lowest BCUT2D eigenvalue weighted by Gasteiger charge is -2.28. The molecule has 176 valence electrons. The van der Waals surface area contributed by atoms with Gasteiger partial charge in [0.15, 0.2) is 5.11 Å². The quantitative estimate of drug-likeness (QED) is 0.341. The van der Waals surface area contributed by atoms with Crippen molar-refractivity contribution in [3.8, 4) is 11.4 Å². The van der Waals surface area contributed by atoms with Crippen molar-refractivity contribution in [2.24, 2.45) is 0 Å². The van der Waals surface area contributed by atoms with Gasteiger partial charge < -0.3 is 25.0 Å². The molecule has 2 aromatic heterocycles. The van der Waals surface area contributed by atoms with Gasteiger partial charge in [0.25, 0.3) is 0 Å². The predicted molar refractivity (Wildman–Crippen MR) is 138 cm³/mol. The summed E-state index contributed by atoms with van der Waals surface area (Å²) in [6.07, 6.45) is 1.76. The van der Waals surface area contributed by atoms with Gasteiger partial charge in [0, 0.05) is 29.0 Å². The van der Waals surface area contributed by atoms with E-state index in [1.165, 1.54) is 0 Å². The van der Waals surface area contributed by atoms with Crippen LogP contribution in [0, 0.1) is 13.8 Å². The second-order valence-electron chi connectivity index (χ2n) is 8.53. The maximum atomic E-state index is 11.6. The van der Waals surface area contributed by atoms with E-state index in [-0.39, 0.29) is 23.4 Å². The first-order valence-corrected chi connectivity index (χ1v) is 11.6. The Bertz CT molecular complexity index is 1420. The van der Waals surface area contributed by atoms with Crippen molar-refractivity contribution in [3.63, 3.8) is 0 Å². The molecule has 2 aromatic carbocycles. The smallest absolute Gasteiger partial charge is 0.335 e. The number of rotatable bonds is 5. The molecule has 0 unspecified atom stereocenters. The number of hydrogen-bond donors (Lipinski definition) is 3. The van der Waals surface area contributed by atoms with E-state index in [0.29, 0.717) is 5.11 Å². The molecule has 0 saturated carbocycles. The van der Waals surface area contributed by atoms with Crippen LogP contribution in [0.1, 0.15) is 45.1 Å². The van der Waals surface area contributed by atoms with Gasteiger partial charge in [-0.2, -0.15) is 0 Å². The van der Waals surface area contributed by atoms with Crippen molar-refractivity contribution in [2.75, 3.05) is 4.90 Å². The minimum absolute atomic E-state index is 0.182. The van der Waals surface area contributed by atoms with Crippen LogP contribution in [0.3, 0.4) is 0 Å². The van der Waals surface area contributed by atoms with Gasteiger partial charge in [-0.25, -0.2) is 4.79 Å². The van der Waals surface area contributed by atoms with Gasteiger partial charge in [-0.3, -0.25) is 4.98 Å². The van der Waals surface area contributed by atoms with Gasteiger partial charge in [-0.15, -0.1) is 0 Å². The number of anilines is 1. The number of nitrogens with one attached hydrogen (secondary N) is 1. The largest absolute Gasteiger partial charge is 0.508 e. The number of nitrogens with zero attached hydrogens (tertiary/aromatic N) is 3. The normalized spacial score (nSPS) is 17.4. The van der Waals surface area contributed by atoms with E-state index in [0.717, 1.165) is 34.0 Å². The molecule has 1 saturated heterocycles. The van der Waals surface area contributed by atoms with Crippen LogP contribution in [0.25, 0.3) is 5.69 Å². The number of carboxylic acids is 1. The number of hydrogen-bond acceptors (Lipinski definition) is 4. The molecule has 0 radical (unpaired) electrons. The molecule has 3 N–H and O–H groups in total. The Kier molecular flexibility index (Phi) is 5.74. The minimum atomic E-state index is -0.964. The Balaban J connectivity index is 1.67. The second-order valence-corrected chi connectivity index (χ2v) is 8.92. The zero-order chi connectivity index (χ0) is 24.7. The summed E-state index contributed by atoms with van der Waals surface area (Å²) in [6.45, 7) is 4.03. The molecule has 1 aliphatic rings. The van der Waals surface area contributed by atoms with Crippen molar-refractivity contribution in [2.45, 2.75) is 25.9 Å². The van der Waals surface area contributed by atoms with Crippen LogP contribution in [0.2, 0.25) is 0 Å². The number of carboxylic acid groups (broad SMARTS) is 1. The Hall–Kier alpha value is -4.17. The highest BCUT2D eigenvalue weighted by atomic mass is 32.1. The molecule has 2 atom stereocenters. The Morgan fingerprint density at radius 3 is 2.46 bits per heavy atom. The van der Waals surface area contributed by atoms with E-state index in [1.54, 1.807) is 36.5 Å². The van der Waals surface area contributed by atoms with Crippen LogP contribution in [-0.4, -0.2) is 30.8 Å². The average Bonchev–Trinajstić information content (AvgIpc) is 3.35. The summed E-state index contributed by atoms with van der Waals surface area (Å²) in [6, 6.07) is 21.4. The van der Waals surface area contributed by atoms with Crippen LogP contribution < -0.4 is 10.2 Å². The van der Waals surface area contributed by atoms with Crippen molar-refractivity contribution < 1.29 is 15.0 Å². The third-order valence-electron chi connectivity index (χ3n) is 6.37. The molecule has 1 fully saturated rings. The Morgan fingerprint density at radius 2 is 1.77 bits per heavy atom. The predicted octanol–water partition coefficient (Wildman–Crippen LogP) is 5.07. The number of aryl methyl sites for hydroxylation is 1. The summed E-state index contributed by atoms with van der Waals surface area (Å²) in [5.74, 6) is -0.783. The van der Waals surface area contributed by atoms with Crippen LogP contribution in [0.4, 0.5) is 5.69 Å². The molecule has 7 nitrogen and oxygen atoms in total. The van der Waals surface area contributed by atoms with Crippen molar-refractivity contribution in [1.82, 2.24) is 14.9 Å². The number of aromatic carboxylic acids is 1. The summed E-state index contributed by atoms with van der Waals surface area (Å²) in [4.78, 5) is 18.2. The number of phenolic OH excluding ortho intramolecular Hbond substituents is 1. The van der Waals surface area contributed by atoms with E-state index in [4.69, 9.17) is 12.2 Å². The van der Waals surface area contributed by atoms with Crippen LogP contribution in [-0.2, 0) is 0 Å². The summed E-state index contributed by atoms with van der Waals surface area (Å²) in [5.41, 5.74) is 5.72. The van der Waals surface area contributed by atoms with E-state index >= 15 is 0 Å². The minimum Gasteiger partial charge on any atom is -0.508 e. The summed E-state index contributed by atoms with van der Waals surface area (Å²) in [5, 5.41) is 23.3. The zero-order valence-corrected chi connectivity index (χ0v) is 20.0. The lowest BCUT2D eigenvalue weighted by Crippen LogP contribution is -2.29. The number of aromatic hydroxyl groups is 1. The third kappa shape index (κ3) is 4.02. The molecule has 5 rings (SSSR count). The molecule has 4 aromatic rings. The van der Waals surface area contributed by atoms with Crippen LogP contribution >= 0.6 is 12.2 Å². The van der Waals surface area contributed by atoms with Gasteiger partial charge >= 0.3 is 5.97 Å². The van der Waals surface area contributed by atoms with Crippen LogP contribution in [0.15, 0.2) is 79.0 Å². The van der Waals surface area contributed by atoms with E-state index in [1.807, 2.05) is 55.1 Å². The van der Waals surface area contributed by atoms with Gasteiger partial charge in [-0.1, -0.05) is 12.1 Å². The number of benzene rings is 2. The number of carbonyl (C=O) groups is 1. The van der Waals surface area contributed by atoms with Crippen molar-refractivity contribution in [3.05, 3.63) is 107 Å². The molecular formula is C27H24N4O3S. The van der Waals surface area contributed by atoms with E-state index in [2.05, 4.69) is 20.9 Å². The number of phenols is 1.